The van der Waals surface area contributed by atoms with Crippen molar-refractivity contribution in [2.45, 2.75) is 65.6 Å². The molecule has 1 atom stereocenters. The van der Waals surface area contributed by atoms with Crippen molar-refractivity contribution < 1.29 is 22.4 Å². The Morgan fingerprint density at radius 3 is 2.11 bits per heavy atom. The molecule has 2 rings (SSSR count). The van der Waals surface area contributed by atoms with Crippen molar-refractivity contribution >= 4 is 27.5 Å². The smallest absolute Gasteiger partial charge is 0.242 e. The van der Waals surface area contributed by atoms with Gasteiger partial charge in [-0.15, -0.1) is 0 Å². The van der Waals surface area contributed by atoms with Crippen LogP contribution < -0.4 is 9.62 Å². The van der Waals surface area contributed by atoms with Crippen LogP contribution in [-0.2, 0) is 26.2 Å². The van der Waals surface area contributed by atoms with Gasteiger partial charge in [0.05, 0.1) is 11.9 Å². The van der Waals surface area contributed by atoms with Crippen LogP contribution in [0.15, 0.2) is 48.5 Å². The van der Waals surface area contributed by atoms with Crippen molar-refractivity contribution in [3.63, 3.8) is 0 Å². The number of carbonyl (C=O) groups excluding carboxylic acids is 2. The second-order valence-corrected chi connectivity index (χ2v) is 11.7. The van der Waals surface area contributed by atoms with Crippen LogP contribution >= 0.6 is 0 Å². The van der Waals surface area contributed by atoms with Crippen LogP contribution in [0, 0.1) is 12.7 Å². The first-order valence-corrected chi connectivity index (χ1v) is 13.4. The first-order chi connectivity index (χ1) is 16.2. The Hall–Kier alpha value is -2.94. The van der Waals surface area contributed by atoms with E-state index in [4.69, 9.17) is 0 Å². The lowest BCUT2D eigenvalue weighted by Gasteiger charge is -2.32. The monoisotopic (exact) mass is 505 g/mol. The molecule has 1 N–H and O–H groups in total. The number of amides is 2. The number of rotatable bonds is 10. The van der Waals surface area contributed by atoms with Gasteiger partial charge >= 0.3 is 0 Å². The number of aryl methyl sites for hydroxylation is 1. The van der Waals surface area contributed by atoms with E-state index in [2.05, 4.69) is 5.32 Å². The number of nitrogens with one attached hydrogen (secondary N) is 1. The van der Waals surface area contributed by atoms with Crippen LogP contribution in [0.5, 0.6) is 0 Å². The molecule has 0 spiro atoms. The molecule has 0 aliphatic rings. The largest absolute Gasteiger partial charge is 0.350 e. The highest BCUT2D eigenvalue weighted by Gasteiger charge is 2.28. The fourth-order valence-corrected chi connectivity index (χ4v) is 4.52. The standard InChI is InChI=1S/C26H36FN3O4S/c1-19-9-15-23(16-10-19)30(35(6,33)34)17-7-8-24(31)29(18-21-11-13-22(27)14-12-21)20(2)25(32)28-26(3,4)5/h9-16,20H,7-8,17-18H2,1-6H3,(H,28,32). The van der Waals surface area contributed by atoms with E-state index in [0.29, 0.717) is 11.3 Å². The van der Waals surface area contributed by atoms with Gasteiger partial charge in [0.1, 0.15) is 11.9 Å². The molecule has 0 bridgehead atoms. The average molecular weight is 506 g/mol. The maximum absolute atomic E-state index is 13.4. The van der Waals surface area contributed by atoms with Gasteiger partial charge in [0.2, 0.25) is 21.8 Å². The number of benzene rings is 2. The minimum absolute atomic E-state index is 0.0478. The molecule has 0 aliphatic carbocycles. The molecule has 2 aromatic carbocycles. The Kier molecular flexibility index (Phi) is 9.43. The summed E-state index contributed by atoms with van der Waals surface area (Å²) in [4.78, 5) is 27.5. The number of nitrogens with zero attached hydrogens (tertiary/aromatic N) is 2. The molecule has 0 aromatic heterocycles. The molecule has 192 valence electrons. The lowest BCUT2D eigenvalue weighted by Crippen LogP contribution is -2.52. The van der Waals surface area contributed by atoms with Gasteiger partial charge in [0.25, 0.3) is 0 Å². The topological polar surface area (TPSA) is 86.8 Å². The van der Waals surface area contributed by atoms with E-state index in [1.807, 2.05) is 39.8 Å². The van der Waals surface area contributed by atoms with E-state index in [1.165, 1.54) is 21.3 Å². The highest BCUT2D eigenvalue weighted by Crippen LogP contribution is 2.20. The molecule has 1 unspecified atom stereocenters. The van der Waals surface area contributed by atoms with Gasteiger partial charge in [0.15, 0.2) is 0 Å². The fraction of sp³-hybridized carbons (Fsp3) is 0.462. The minimum Gasteiger partial charge on any atom is -0.350 e. The van der Waals surface area contributed by atoms with E-state index in [9.17, 15) is 22.4 Å². The van der Waals surface area contributed by atoms with Gasteiger partial charge in [-0.1, -0.05) is 29.8 Å². The van der Waals surface area contributed by atoms with Crippen LogP contribution in [0.1, 0.15) is 51.7 Å². The lowest BCUT2D eigenvalue weighted by atomic mass is 10.1. The summed E-state index contributed by atoms with van der Waals surface area (Å²) in [6.07, 6.45) is 1.45. The summed E-state index contributed by atoms with van der Waals surface area (Å²) in [6, 6.07) is 12.1. The Labute approximate surface area is 208 Å². The molecule has 0 saturated heterocycles. The van der Waals surface area contributed by atoms with E-state index in [1.54, 1.807) is 31.2 Å². The summed E-state index contributed by atoms with van der Waals surface area (Å²) in [7, 11) is -3.54. The maximum atomic E-state index is 13.4. The second-order valence-electron chi connectivity index (χ2n) is 9.84. The third kappa shape index (κ3) is 8.98. The fourth-order valence-electron chi connectivity index (χ4n) is 3.56. The number of anilines is 1. The third-order valence-corrected chi connectivity index (χ3v) is 6.60. The molecule has 0 fully saturated rings. The van der Waals surface area contributed by atoms with Gasteiger partial charge in [-0.25, -0.2) is 12.8 Å². The molecular formula is C26H36FN3O4S. The third-order valence-electron chi connectivity index (χ3n) is 5.41. The van der Waals surface area contributed by atoms with Crippen molar-refractivity contribution in [3.8, 4) is 0 Å². The first-order valence-electron chi connectivity index (χ1n) is 11.6. The van der Waals surface area contributed by atoms with Gasteiger partial charge in [-0.2, -0.15) is 0 Å². The number of sulfonamides is 1. The van der Waals surface area contributed by atoms with Gasteiger partial charge in [-0.3, -0.25) is 13.9 Å². The van der Waals surface area contributed by atoms with E-state index in [-0.39, 0.29) is 43.6 Å². The minimum atomic E-state index is -3.54. The van der Waals surface area contributed by atoms with Gasteiger partial charge in [-0.05, 0) is 70.9 Å². The molecular weight excluding hydrogens is 469 g/mol. The predicted octanol–water partition coefficient (Wildman–Crippen LogP) is 4.01. The normalized spacial score (nSPS) is 12.7. The second kappa shape index (κ2) is 11.7. The summed E-state index contributed by atoms with van der Waals surface area (Å²) in [5, 5.41) is 2.89. The van der Waals surface area contributed by atoms with Crippen molar-refractivity contribution in [1.29, 1.82) is 0 Å². The zero-order valence-corrected chi connectivity index (χ0v) is 22.2. The molecule has 35 heavy (non-hydrogen) atoms. The number of hydrogen-bond donors (Lipinski definition) is 1. The molecule has 2 amide bonds. The number of hydrogen-bond acceptors (Lipinski definition) is 4. The maximum Gasteiger partial charge on any atom is 0.242 e. The quantitative estimate of drug-likeness (QED) is 0.529. The van der Waals surface area contributed by atoms with Crippen molar-refractivity contribution in [2.24, 2.45) is 0 Å². The molecule has 0 aliphatic heterocycles. The molecule has 0 radical (unpaired) electrons. The molecule has 2 aromatic rings. The summed E-state index contributed by atoms with van der Waals surface area (Å²) in [5.41, 5.74) is 1.76. The molecule has 9 heteroatoms. The van der Waals surface area contributed by atoms with E-state index >= 15 is 0 Å². The number of halogens is 1. The zero-order valence-electron chi connectivity index (χ0n) is 21.3. The molecule has 0 saturated carbocycles. The van der Waals surface area contributed by atoms with Crippen LogP contribution in [0.2, 0.25) is 0 Å². The average Bonchev–Trinajstić information content (AvgIpc) is 2.74. The van der Waals surface area contributed by atoms with Gasteiger partial charge in [0, 0.05) is 25.0 Å². The highest BCUT2D eigenvalue weighted by atomic mass is 32.2. The van der Waals surface area contributed by atoms with E-state index < -0.39 is 21.6 Å². The Morgan fingerprint density at radius 2 is 1.60 bits per heavy atom. The van der Waals surface area contributed by atoms with Crippen molar-refractivity contribution in [3.05, 3.63) is 65.5 Å². The van der Waals surface area contributed by atoms with Gasteiger partial charge < -0.3 is 10.2 Å². The summed E-state index contributed by atoms with van der Waals surface area (Å²) < 4.78 is 39.4. The van der Waals surface area contributed by atoms with Crippen LogP contribution in [-0.4, -0.2) is 49.5 Å². The summed E-state index contributed by atoms with van der Waals surface area (Å²) >= 11 is 0. The SMILES string of the molecule is Cc1ccc(N(CCCC(=O)N(Cc2ccc(F)cc2)C(C)C(=O)NC(C)(C)C)S(C)(=O)=O)cc1. The zero-order chi connectivity index (χ0) is 26.4. The summed E-state index contributed by atoms with van der Waals surface area (Å²) in [5.74, 6) is -0.976. The summed E-state index contributed by atoms with van der Waals surface area (Å²) in [6.45, 7) is 9.39. The van der Waals surface area contributed by atoms with Crippen molar-refractivity contribution in [2.75, 3.05) is 17.1 Å². The molecule has 7 nitrogen and oxygen atoms in total. The predicted molar refractivity (Wildman–Crippen MR) is 137 cm³/mol. The Morgan fingerprint density at radius 1 is 1.03 bits per heavy atom. The molecule has 0 heterocycles. The van der Waals surface area contributed by atoms with Crippen molar-refractivity contribution in [1.82, 2.24) is 10.2 Å². The van der Waals surface area contributed by atoms with Crippen LogP contribution in [0.25, 0.3) is 0 Å². The van der Waals surface area contributed by atoms with E-state index in [0.717, 1.165) is 11.8 Å². The van der Waals surface area contributed by atoms with Crippen LogP contribution in [0.4, 0.5) is 10.1 Å². The highest BCUT2D eigenvalue weighted by molar-refractivity contribution is 7.92. The lowest BCUT2D eigenvalue weighted by molar-refractivity contribution is -0.141. The Bertz CT molecular complexity index is 1110. The van der Waals surface area contributed by atoms with Crippen LogP contribution in [0.3, 0.4) is 0 Å². The first kappa shape index (κ1) is 28.3. The Balaban J connectivity index is 2.17. The number of carbonyl (C=O) groups is 2.